The first-order chi connectivity index (χ1) is 17.4. The lowest BCUT2D eigenvalue weighted by Crippen LogP contribution is -2.54. The first-order valence-electron chi connectivity index (χ1n) is 15.4. The zero-order chi connectivity index (χ0) is 25.0. The zero-order valence-corrected chi connectivity index (χ0v) is 22.9. The van der Waals surface area contributed by atoms with Gasteiger partial charge in [-0.3, -0.25) is 4.90 Å². The van der Waals surface area contributed by atoms with Crippen molar-refractivity contribution in [3.05, 3.63) is 24.0 Å². The molecule has 7 atom stereocenters. The molecule has 5 saturated carbocycles. The van der Waals surface area contributed by atoms with Gasteiger partial charge in [0.05, 0.1) is 24.1 Å². The molecule has 36 heavy (non-hydrogen) atoms. The molecule has 0 aromatic rings. The first kappa shape index (κ1) is 25.4. The van der Waals surface area contributed by atoms with Crippen LogP contribution in [0.25, 0.3) is 0 Å². The van der Waals surface area contributed by atoms with Gasteiger partial charge in [0.15, 0.2) is 0 Å². The minimum Gasteiger partial charge on any atom is -0.513 e. The monoisotopic (exact) mass is 497 g/mol. The summed E-state index contributed by atoms with van der Waals surface area (Å²) in [6, 6.07) is 0. The minimum absolute atomic E-state index is 0.0781. The van der Waals surface area contributed by atoms with E-state index in [4.69, 9.17) is 11.3 Å². The SMILES string of the molecule is C=C1C(C/C(O)=C\C)CC[C@@H]2C1[C@@H](C1CCC(OC3CN(CC4CC4)C3)CC1)C[C@]1(C)[C@@H](O)CC[C@@H]21. The maximum absolute atomic E-state index is 11.1. The summed E-state index contributed by atoms with van der Waals surface area (Å²) in [4.78, 5) is 2.59. The van der Waals surface area contributed by atoms with Crippen LogP contribution in [0, 0.1) is 46.8 Å². The molecule has 5 aliphatic carbocycles. The van der Waals surface area contributed by atoms with E-state index in [1.54, 1.807) is 0 Å². The van der Waals surface area contributed by atoms with Crippen molar-refractivity contribution in [3.8, 4) is 0 Å². The number of ether oxygens (including phenoxy) is 1. The Morgan fingerprint density at radius 3 is 2.44 bits per heavy atom. The molecular formula is C32H51NO3. The molecule has 2 unspecified atom stereocenters. The highest BCUT2D eigenvalue weighted by molar-refractivity contribution is 5.21. The van der Waals surface area contributed by atoms with Crippen molar-refractivity contribution in [2.75, 3.05) is 19.6 Å². The molecule has 4 nitrogen and oxygen atoms in total. The quantitative estimate of drug-likeness (QED) is 0.311. The summed E-state index contributed by atoms with van der Waals surface area (Å²) in [6.45, 7) is 12.7. The van der Waals surface area contributed by atoms with E-state index >= 15 is 0 Å². The van der Waals surface area contributed by atoms with Gasteiger partial charge in [-0.25, -0.2) is 0 Å². The van der Waals surface area contributed by atoms with E-state index in [-0.39, 0.29) is 11.5 Å². The fraction of sp³-hybridized carbons (Fsp3) is 0.875. The van der Waals surface area contributed by atoms with Gasteiger partial charge >= 0.3 is 0 Å². The number of nitrogens with zero attached hydrogens (tertiary/aromatic N) is 1. The van der Waals surface area contributed by atoms with Crippen LogP contribution in [0.4, 0.5) is 0 Å². The lowest BCUT2D eigenvalue weighted by atomic mass is 9.48. The number of hydrogen-bond acceptors (Lipinski definition) is 4. The molecule has 0 bridgehead atoms. The van der Waals surface area contributed by atoms with Crippen LogP contribution < -0.4 is 0 Å². The Morgan fingerprint density at radius 1 is 1.00 bits per heavy atom. The molecule has 0 amide bonds. The summed E-state index contributed by atoms with van der Waals surface area (Å²) >= 11 is 0. The van der Waals surface area contributed by atoms with Crippen LogP contribution in [0.2, 0.25) is 0 Å². The number of aliphatic hydroxyl groups is 2. The van der Waals surface area contributed by atoms with E-state index in [9.17, 15) is 10.2 Å². The van der Waals surface area contributed by atoms with E-state index in [0.717, 1.165) is 50.6 Å². The largest absolute Gasteiger partial charge is 0.513 e. The van der Waals surface area contributed by atoms with Crippen molar-refractivity contribution in [2.24, 2.45) is 46.8 Å². The summed E-state index contributed by atoms with van der Waals surface area (Å²) in [5, 5.41) is 21.4. The summed E-state index contributed by atoms with van der Waals surface area (Å²) in [6.07, 6.45) is 16.9. The normalized spacial score (nSPS) is 46.3. The third-order valence-electron chi connectivity index (χ3n) is 11.9. The highest BCUT2D eigenvalue weighted by Crippen LogP contribution is 2.64. The topological polar surface area (TPSA) is 52.9 Å². The molecule has 0 radical (unpaired) electrons. The number of likely N-dealkylation sites (tertiary alicyclic amines) is 1. The van der Waals surface area contributed by atoms with Gasteiger partial charge in [-0.05, 0) is 130 Å². The predicted octanol–water partition coefficient (Wildman–Crippen LogP) is 6.50. The van der Waals surface area contributed by atoms with E-state index in [1.807, 2.05) is 13.0 Å². The summed E-state index contributed by atoms with van der Waals surface area (Å²) < 4.78 is 6.57. The average molecular weight is 498 g/mol. The van der Waals surface area contributed by atoms with Gasteiger partial charge in [0.2, 0.25) is 0 Å². The Hall–Kier alpha value is -0.840. The fourth-order valence-electron chi connectivity index (χ4n) is 9.63. The van der Waals surface area contributed by atoms with Crippen LogP contribution in [0.1, 0.15) is 90.9 Å². The number of allylic oxidation sites excluding steroid dienone is 3. The molecule has 0 aromatic heterocycles. The Labute approximate surface area is 219 Å². The number of rotatable bonds is 7. The molecule has 4 heteroatoms. The van der Waals surface area contributed by atoms with Crippen molar-refractivity contribution in [1.29, 1.82) is 0 Å². The van der Waals surface area contributed by atoms with Gasteiger partial charge in [0.25, 0.3) is 0 Å². The van der Waals surface area contributed by atoms with Gasteiger partial charge in [-0.15, -0.1) is 0 Å². The number of hydrogen-bond donors (Lipinski definition) is 2. The molecule has 1 saturated heterocycles. The molecule has 2 N–H and O–H groups in total. The van der Waals surface area contributed by atoms with Crippen molar-refractivity contribution in [3.63, 3.8) is 0 Å². The maximum Gasteiger partial charge on any atom is 0.0886 e. The summed E-state index contributed by atoms with van der Waals surface area (Å²) in [5.74, 6) is 5.16. The van der Waals surface area contributed by atoms with Crippen LogP contribution in [0.15, 0.2) is 24.0 Å². The molecule has 0 aromatic carbocycles. The van der Waals surface area contributed by atoms with Crippen molar-refractivity contribution >= 4 is 0 Å². The van der Waals surface area contributed by atoms with Gasteiger partial charge < -0.3 is 14.9 Å². The van der Waals surface area contributed by atoms with Gasteiger partial charge in [0, 0.05) is 26.1 Å². The molecule has 1 aliphatic heterocycles. The molecule has 6 rings (SSSR count). The van der Waals surface area contributed by atoms with Crippen LogP contribution in [-0.4, -0.2) is 53.1 Å². The van der Waals surface area contributed by atoms with Gasteiger partial charge in [-0.2, -0.15) is 0 Å². The van der Waals surface area contributed by atoms with Crippen molar-refractivity contribution < 1.29 is 14.9 Å². The third-order valence-corrected chi connectivity index (χ3v) is 11.9. The maximum atomic E-state index is 11.1. The highest BCUT2D eigenvalue weighted by Gasteiger charge is 2.59. The average Bonchev–Trinajstić information content (AvgIpc) is 3.62. The van der Waals surface area contributed by atoms with Crippen LogP contribution >= 0.6 is 0 Å². The lowest BCUT2D eigenvalue weighted by molar-refractivity contribution is -0.118. The van der Waals surface area contributed by atoms with Crippen LogP contribution in [0.3, 0.4) is 0 Å². The Balaban J connectivity index is 1.11. The Bertz CT molecular complexity index is 836. The number of aliphatic hydroxyl groups excluding tert-OH is 2. The van der Waals surface area contributed by atoms with Gasteiger partial charge in [-0.1, -0.05) is 19.1 Å². The Kier molecular flexibility index (Phi) is 7.10. The standard InChI is InChI=1S/C32H51NO3/c1-4-24(34)15-23-9-12-27-29-13-14-30(35)32(29,3)16-28(31(27)20(23)2)22-7-10-25(11-8-22)36-26-18-33(19-26)17-21-5-6-21/h4,21-23,25-31,34-35H,2,5-19H2,1,3H3/b24-4+/t22?,23?,25?,27-,28+,29-,30-,31?,32-/m0/s1. The summed E-state index contributed by atoms with van der Waals surface area (Å²) in [7, 11) is 0. The first-order valence-corrected chi connectivity index (χ1v) is 15.4. The molecular weight excluding hydrogens is 446 g/mol. The second-order valence-corrected chi connectivity index (χ2v) is 14.1. The summed E-state index contributed by atoms with van der Waals surface area (Å²) in [5.41, 5.74) is 1.51. The molecule has 6 aliphatic rings. The van der Waals surface area contributed by atoms with Crippen molar-refractivity contribution in [2.45, 2.75) is 109 Å². The molecule has 0 spiro atoms. The smallest absolute Gasteiger partial charge is 0.0886 e. The lowest BCUT2D eigenvalue weighted by Gasteiger charge is -2.57. The zero-order valence-electron chi connectivity index (χ0n) is 22.9. The fourth-order valence-corrected chi connectivity index (χ4v) is 9.63. The van der Waals surface area contributed by atoms with E-state index in [0.29, 0.717) is 47.6 Å². The van der Waals surface area contributed by atoms with Gasteiger partial charge in [0.1, 0.15) is 0 Å². The highest BCUT2D eigenvalue weighted by atomic mass is 16.5. The third kappa shape index (κ3) is 4.73. The van der Waals surface area contributed by atoms with Crippen LogP contribution in [-0.2, 0) is 4.74 Å². The Morgan fingerprint density at radius 2 is 1.75 bits per heavy atom. The second-order valence-electron chi connectivity index (χ2n) is 14.1. The van der Waals surface area contributed by atoms with Crippen LogP contribution in [0.5, 0.6) is 0 Å². The van der Waals surface area contributed by atoms with Crippen molar-refractivity contribution in [1.82, 2.24) is 4.90 Å². The predicted molar refractivity (Wildman–Crippen MR) is 145 cm³/mol. The number of fused-ring (bicyclic) bond motifs is 3. The van der Waals surface area contributed by atoms with E-state index < -0.39 is 0 Å². The van der Waals surface area contributed by atoms with E-state index in [2.05, 4.69) is 11.8 Å². The molecule has 202 valence electrons. The molecule has 1 heterocycles. The minimum atomic E-state index is -0.138. The molecule has 6 fully saturated rings. The van der Waals surface area contributed by atoms with E-state index in [1.165, 1.54) is 63.5 Å². The second kappa shape index (κ2) is 10.0.